The first-order valence-electron chi connectivity index (χ1n) is 18.1. The number of para-hydroxylation sites is 3. The molecule has 2 aliphatic rings. The van der Waals surface area contributed by atoms with E-state index in [1.165, 1.54) is 5.56 Å². The molecule has 11 nitrogen and oxygen atoms in total. The largest absolute Gasteiger partial charge is 0.493 e. The summed E-state index contributed by atoms with van der Waals surface area (Å²) in [7, 11) is 4.69. The number of ether oxygens (including phenoxy) is 4. The molecular formula is C41H48N6O5. The van der Waals surface area contributed by atoms with Crippen LogP contribution >= 0.6 is 0 Å². The maximum Gasteiger partial charge on any atom is 0.254 e. The molecule has 11 heteroatoms. The summed E-state index contributed by atoms with van der Waals surface area (Å²) in [5, 5.41) is 0. The van der Waals surface area contributed by atoms with Crippen molar-refractivity contribution in [2.24, 2.45) is 0 Å². The highest BCUT2D eigenvalue weighted by Gasteiger charge is 2.42. The van der Waals surface area contributed by atoms with Gasteiger partial charge < -0.3 is 38.2 Å². The third-order valence-electron chi connectivity index (χ3n) is 10.6. The molecule has 3 aromatic carbocycles. The van der Waals surface area contributed by atoms with Crippen LogP contribution in [0.15, 0.2) is 91.3 Å². The van der Waals surface area contributed by atoms with Crippen molar-refractivity contribution in [3.05, 3.63) is 102 Å². The monoisotopic (exact) mass is 704 g/mol. The zero-order valence-corrected chi connectivity index (χ0v) is 30.4. The van der Waals surface area contributed by atoms with Crippen LogP contribution in [0.1, 0.15) is 35.2 Å². The molecular weight excluding hydrogens is 656 g/mol. The third kappa shape index (κ3) is 7.36. The fraction of sp³-hybridized carbons (Fsp3) is 0.390. The lowest BCUT2D eigenvalue weighted by Gasteiger charge is -2.33. The van der Waals surface area contributed by atoms with Gasteiger partial charge in [-0.2, -0.15) is 0 Å². The smallest absolute Gasteiger partial charge is 0.254 e. The van der Waals surface area contributed by atoms with E-state index in [1.54, 1.807) is 33.5 Å². The molecule has 7 rings (SSSR count). The number of amides is 1. The molecule has 52 heavy (non-hydrogen) atoms. The second-order valence-corrected chi connectivity index (χ2v) is 13.6. The van der Waals surface area contributed by atoms with Crippen LogP contribution in [0, 0.1) is 0 Å². The molecule has 2 aromatic heterocycles. The molecule has 0 bridgehead atoms. The highest BCUT2D eigenvalue weighted by molar-refractivity contribution is 5.96. The van der Waals surface area contributed by atoms with Crippen LogP contribution in [0.4, 0.5) is 5.95 Å². The lowest BCUT2D eigenvalue weighted by molar-refractivity contribution is 0.0780. The number of nitrogens with zero attached hydrogens (tertiary/aromatic N) is 6. The normalized spacial score (nSPS) is 18.0. The van der Waals surface area contributed by atoms with E-state index in [0.717, 1.165) is 74.7 Å². The van der Waals surface area contributed by atoms with Crippen LogP contribution in [-0.4, -0.2) is 104 Å². The van der Waals surface area contributed by atoms with Crippen LogP contribution in [0.3, 0.4) is 0 Å². The number of rotatable bonds is 13. The SMILES string of the molecule is COc1cc(C(=O)N2CCC(CCN3CCCN(c4nc5ccccc5n4CCOc4ccccc4)CC3)(c3ccncc3)C2)cc(OC)c1OC. The van der Waals surface area contributed by atoms with Crippen LogP contribution in [0.5, 0.6) is 23.0 Å². The molecule has 0 spiro atoms. The van der Waals surface area contributed by atoms with Crippen molar-refractivity contribution in [1.29, 1.82) is 0 Å². The Bertz CT molecular complexity index is 1930. The lowest BCUT2D eigenvalue weighted by atomic mass is 9.77. The van der Waals surface area contributed by atoms with Gasteiger partial charge in [-0.25, -0.2) is 4.98 Å². The molecule has 2 aliphatic heterocycles. The Morgan fingerprint density at radius 1 is 0.808 bits per heavy atom. The van der Waals surface area contributed by atoms with E-state index in [-0.39, 0.29) is 11.3 Å². The van der Waals surface area contributed by atoms with Crippen LogP contribution in [0.25, 0.3) is 11.0 Å². The van der Waals surface area contributed by atoms with Gasteiger partial charge in [0, 0.05) is 56.1 Å². The van der Waals surface area contributed by atoms with Crippen molar-refractivity contribution in [3.63, 3.8) is 0 Å². The third-order valence-corrected chi connectivity index (χ3v) is 10.6. The van der Waals surface area contributed by atoms with Crippen LogP contribution in [0.2, 0.25) is 0 Å². The van der Waals surface area contributed by atoms with Crippen molar-refractivity contribution in [2.75, 3.05) is 78.6 Å². The molecule has 4 heterocycles. The van der Waals surface area contributed by atoms with E-state index in [0.29, 0.717) is 49.1 Å². The van der Waals surface area contributed by atoms with Gasteiger partial charge in [0.15, 0.2) is 11.5 Å². The molecule has 0 saturated carbocycles. The number of fused-ring (bicyclic) bond motifs is 1. The van der Waals surface area contributed by atoms with Crippen molar-refractivity contribution in [1.82, 2.24) is 24.3 Å². The average Bonchev–Trinajstić information content (AvgIpc) is 3.72. The van der Waals surface area contributed by atoms with E-state index in [2.05, 4.69) is 55.7 Å². The van der Waals surface area contributed by atoms with Gasteiger partial charge in [-0.15, -0.1) is 0 Å². The minimum atomic E-state index is -0.183. The number of hydrogen-bond donors (Lipinski definition) is 0. The van der Waals surface area contributed by atoms with Crippen molar-refractivity contribution < 1.29 is 23.7 Å². The van der Waals surface area contributed by atoms with E-state index in [4.69, 9.17) is 23.9 Å². The molecule has 1 amide bonds. The number of imidazole rings is 1. The molecule has 5 aromatic rings. The minimum absolute atomic E-state index is 0.0438. The van der Waals surface area contributed by atoms with Crippen LogP contribution < -0.4 is 23.8 Å². The van der Waals surface area contributed by atoms with Gasteiger partial charge in [0.2, 0.25) is 11.7 Å². The minimum Gasteiger partial charge on any atom is -0.493 e. The van der Waals surface area contributed by atoms with Crippen molar-refractivity contribution >= 4 is 22.9 Å². The van der Waals surface area contributed by atoms with E-state index in [9.17, 15) is 4.79 Å². The summed E-state index contributed by atoms with van der Waals surface area (Å²) in [6.07, 6.45) is 6.58. The zero-order valence-electron chi connectivity index (χ0n) is 30.4. The fourth-order valence-corrected chi connectivity index (χ4v) is 7.79. The second-order valence-electron chi connectivity index (χ2n) is 13.6. The zero-order chi connectivity index (χ0) is 35.9. The maximum absolute atomic E-state index is 14.0. The Morgan fingerprint density at radius 3 is 2.31 bits per heavy atom. The van der Waals surface area contributed by atoms with Gasteiger partial charge in [0.25, 0.3) is 5.91 Å². The number of carbonyl (C=O) groups is 1. The Morgan fingerprint density at radius 2 is 1.56 bits per heavy atom. The molecule has 2 saturated heterocycles. The second kappa shape index (κ2) is 15.9. The number of aromatic nitrogens is 3. The summed E-state index contributed by atoms with van der Waals surface area (Å²) >= 11 is 0. The summed E-state index contributed by atoms with van der Waals surface area (Å²) in [4.78, 5) is 30.4. The number of anilines is 1. The standard InChI is InChI=1S/C41H48N6O5/c1-49-36-28-31(29-37(50-2)38(36)51-3)39(48)46-23-17-41(30-46,32-14-18-42-19-15-32)16-22-44-20-9-21-45(25-24-44)40-43-34-12-7-8-13-35(34)47(40)26-27-52-33-10-5-4-6-11-33/h4-8,10-15,18-19,28-29H,9,16-17,20-27,30H2,1-3H3. The first-order chi connectivity index (χ1) is 25.5. The quantitative estimate of drug-likeness (QED) is 0.148. The van der Waals surface area contributed by atoms with Gasteiger partial charge in [0.1, 0.15) is 12.4 Å². The summed E-state index contributed by atoms with van der Waals surface area (Å²) in [5.41, 5.74) is 3.69. The highest BCUT2D eigenvalue weighted by Crippen LogP contribution is 2.41. The van der Waals surface area contributed by atoms with Gasteiger partial charge >= 0.3 is 0 Å². The van der Waals surface area contributed by atoms with E-state index < -0.39 is 0 Å². The molecule has 1 atom stereocenters. The highest BCUT2D eigenvalue weighted by atomic mass is 16.5. The molecule has 0 aliphatic carbocycles. The number of hydrogen-bond acceptors (Lipinski definition) is 9. The predicted molar refractivity (Wildman–Crippen MR) is 202 cm³/mol. The first-order valence-corrected chi connectivity index (χ1v) is 18.1. The number of benzene rings is 3. The van der Waals surface area contributed by atoms with Gasteiger partial charge in [-0.1, -0.05) is 30.3 Å². The topological polar surface area (TPSA) is 94.4 Å². The maximum atomic E-state index is 14.0. The van der Waals surface area contributed by atoms with E-state index in [1.807, 2.05) is 47.6 Å². The molecule has 0 N–H and O–H groups in total. The molecule has 0 radical (unpaired) electrons. The summed E-state index contributed by atoms with van der Waals surface area (Å²) in [6.45, 7) is 7.26. The number of pyridine rings is 1. The molecule has 2 fully saturated rings. The van der Waals surface area contributed by atoms with Gasteiger partial charge in [-0.3, -0.25) is 9.78 Å². The first kappa shape index (κ1) is 35.1. The Kier molecular flexibility index (Phi) is 10.8. The Labute approximate surface area is 305 Å². The number of likely N-dealkylation sites (tertiary alicyclic amines) is 1. The average molecular weight is 705 g/mol. The van der Waals surface area contributed by atoms with Crippen LogP contribution in [-0.2, 0) is 12.0 Å². The molecule has 272 valence electrons. The van der Waals surface area contributed by atoms with Gasteiger partial charge in [-0.05, 0) is 86.4 Å². The number of carbonyl (C=O) groups excluding carboxylic acids is 1. The molecule has 1 unspecified atom stereocenters. The summed E-state index contributed by atoms with van der Waals surface area (Å²) < 4.78 is 25.0. The van der Waals surface area contributed by atoms with Crippen molar-refractivity contribution in [3.8, 4) is 23.0 Å². The Balaban J connectivity index is 1.04. The summed E-state index contributed by atoms with van der Waals surface area (Å²) in [5.74, 6) is 3.24. The Hall–Kier alpha value is -5.29. The fourth-order valence-electron chi connectivity index (χ4n) is 7.79. The number of methoxy groups -OCH3 is 3. The van der Waals surface area contributed by atoms with Crippen molar-refractivity contribution in [2.45, 2.75) is 31.2 Å². The van der Waals surface area contributed by atoms with Gasteiger partial charge in [0.05, 0.1) is 38.9 Å². The lowest BCUT2D eigenvalue weighted by Crippen LogP contribution is -2.39. The van der Waals surface area contributed by atoms with E-state index >= 15 is 0 Å². The summed E-state index contributed by atoms with van der Waals surface area (Å²) in [6, 6.07) is 26.0. The predicted octanol–water partition coefficient (Wildman–Crippen LogP) is 5.92.